The molecule has 0 bridgehead atoms. The van der Waals surface area contributed by atoms with Crippen molar-refractivity contribution in [3.05, 3.63) is 0 Å². The first-order valence-corrected chi connectivity index (χ1v) is 4.06. The van der Waals surface area contributed by atoms with E-state index in [1.54, 1.807) is 0 Å². The van der Waals surface area contributed by atoms with Crippen molar-refractivity contribution in [3.8, 4) is 0 Å². The quantitative estimate of drug-likeness (QED) is 0.400. The lowest BCUT2D eigenvalue weighted by molar-refractivity contribution is 0.282. The number of ether oxygens (including phenoxy) is 1. The Hall–Kier alpha value is -0.240. The third kappa shape index (κ3) is 4.25. The number of hydrogen-bond donors (Lipinski definition) is 1. The maximum absolute atomic E-state index is 7.36. The minimum absolute atomic E-state index is 0. The predicted octanol–water partition coefficient (Wildman–Crippen LogP) is 2.61. The van der Waals surface area contributed by atoms with E-state index in [1.807, 2.05) is 0 Å². The van der Waals surface area contributed by atoms with Crippen molar-refractivity contribution in [3.63, 3.8) is 0 Å². The van der Waals surface area contributed by atoms with Crippen molar-refractivity contribution in [2.75, 3.05) is 6.61 Å². The molecule has 1 rings (SSSR count). The van der Waals surface area contributed by atoms with Gasteiger partial charge in [0.25, 0.3) is 0 Å². The first-order valence-electron chi connectivity index (χ1n) is 4.06. The van der Waals surface area contributed by atoms with Crippen molar-refractivity contribution in [2.45, 2.75) is 32.6 Å². The van der Waals surface area contributed by atoms with Crippen LogP contribution in [0.4, 0.5) is 0 Å². The van der Waals surface area contributed by atoms with Crippen LogP contribution in [0.25, 0.3) is 0 Å². The summed E-state index contributed by atoms with van der Waals surface area (Å²) in [5.41, 5.74) is 0. The van der Waals surface area contributed by atoms with Gasteiger partial charge in [0.05, 0.1) is 6.61 Å². The maximum atomic E-state index is 7.36. The predicted molar refractivity (Wildman–Crippen MR) is 48.6 cm³/mol. The molecule has 0 aliphatic heterocycles. The number of nitrogens with one attached hydrogen (secondary N) is 1. The van der Waals surface area contributed by atoms with Crippen LogP contribution in [0.15, 0.2) is 0 Å². The molecule has 11 heavy (non-hydrogen) atoms. The molecule has 0 atom stereocenters. The van der Waals surface area contributed by atoms with Crippen LogP contribution in [0, 0.1) is 11.3 Å². The van der Waals surface area contributed by atoms with Gasteiger partial charge in [-0.15, -0.1) is 12.4 Å². The molecule has 0 radical (unpaired) electrons. The smallest absolute Gasteiger partial charge is 0.183 e. The summed E-state index contributed by atoms with van der Waals surface area (Å²) in [7, 11) is 0. The number of halogens is 1. The van der Waals surface area contributed by atoms with Crippen LogP contribution in [0.2, 0.25) is 0 Å². The highest BCUT2D eigenvalue weighted by atomic mass is 35.5. The second kappa shape index (κ2) is 5.42. The van der Waals surface area contributed by atoms with E-state index in [2.05, 4.69) is 6.92 Å². The van der Waals surface area contributed by atoms with Crippen molar-refractivity contribution in [2.24, 2.45) is 5.92 Å². The van der Waals surface area contributed by atoms with E-state index in [-0.39, 0.29) is 12.4 Å². The summed E-state index contributed by atoms with van der Waals surface area (Å²) in [5.74, 6) is 1.00. The zero-order valence-corrected chi connectivity index (χ0v) is 7.75. The summed E-state index contributed by atoms with van der Waals surface area (Å²) in [6.07, 6.45) is 4.57. The topological polar surface area (TPSA) is 33.1 Å². The SMILES string of the molecule is CCCCOC(=N)C1CC1.Cl. The highest BCUT2D eigenvalue weighted by Crippen LogP contribution is 2.30. The molecule has 3 heteroatoms. The molecule has 0 aromatic heterocycles. The van der Waals surface area contributed by atoms with E-state index in [4.69, 9.17) is 10.1 Å². The molecular formula is C8H16ClNO. The molecule has 0 aromatic rings. The zero-order chi connectivity index (χ0) is 7.40. The summed E-state index contributed by atoms with van der Waals surface area (Å²) < 4.78 is 5.19. The van der Waals surface area contributed by atoms with E-state index < -0.39 is 0 Å². The van der Waals surface area contributed by atoms with Gasteiger partial charge in [-0.05, 0) is 19.3 Å². The van der Waals surface area contributed by atoms with Crippen LogP contribution < -0.4 is 0 Å². The van der Waals surface area contributed by atoms with Crippen molar-refractivity contribution >= 4 is 18.3 Å². The monoisotopic (exact) mass is 177 g/mol. The Balaban J connectivity index is 0.000001000. The van der Waals surface area contributed by atoms with Gasteiger partial charge in [0.1, 0.15) is 0 Å². The molecule has 2 nitrogen and oxygen atoms in total. The van der Waals surface area contributed by atoms with Crippen LogP contribution in [0.5, 0.6) is 0 Å². The Morgan fingerprint density at radius 2 is 2.18 bits per heavy atom. The standard InChI is InChI=1S/C8H15NO.ClH/c1-2-3-6-10-8(9)7-4-5-7;/h7,9H,2-6H2,1H3;1H. The summed E-state index contributed by atoms with van der Waals surface area (Å²) in [5, 5.41) is 7.36. The van der Waals surface area contributed by atoms with Gasteiger partial charge >= 0.3 is 0 Å². The van der Waals surface area contributed by atoms with Gasteiger partial charge in [-0.3, -0.25) is 5.41 Å². The Bertz CT molecular complexity index is 123. The summed E-state index contributed by atoms with van der Waals surface area (Å²) in [6, 6.07) is 0. The molecule has 1 saturated carbocycles. The summed E-state index contributed by atoms with van der Waals surface area (Å²) in [4.78, 5) is 0. The van der Waals surface area contributed by atoms with Crippen LogP contribution >= 0.6 is 12.4 Å². The lowest BCUT2D eigenvalue weighted by Crippen LogP contribution is -2.06. The van der Waals surface area contributed by atoms with Gasteiger partial charge in [-0.2, -0.15) is 0 Å². The zero-order valence-electron chi connectivity index (χ0n) is 6.93. The summed E-state index contributed by atoms with van der Waals surface area (Å²) in [6.45, 7) is 2.87. The number of rotatable bonds is 4. The average Bonchev–Trinajstić information content (AvgIpc) is 2.69. The average molecular weight is 178 g/mol. The second-order valence-electron chi connectivity index (χ2n) is 2.84. The minimum Gasteiger partial charge on any atom is -0.481 e. The lowest BCUT2D eigenvalue weighted by Gasteiger charge is -2.03. The molecule has 0 saturated heterocycles. The molecule has 0 spiro atoms. The largest absolute Gasteiger partial charge is 0.481 e. The van der Waals surface area contributed by atoms with Crippen molar-refractivity contribution in [1.82, 2.24) is 0 Å². The molecular weight excluding hydrogens is 162 g/mol. The van der Waals surface area contributed by atoms with Gasteiger partial charge in [0, 0.05) is 5.92 Å². The molecule has 1 N–H and O–H groups in total. The Morgan fingerprint density at radius 1 is 1.55 bits per heavy atom. The molecule has 66 valence electrons. The highest BCUT2D eigenvalue weighted by Gasteiger charge is 2.27. The second-order valence-corrected chi connectivity index (χ2v) is 2.84. The molecule has 0 aromatic carbocycles. The normalized spacial score (nSPS) is 15.4. The Labute approximate surface area is 74.2 Å². The van der Waals surface area contributed by atoms with Crippen molar-refractivity contribution in [1.29, 1.82) is 5.41 Å². The molecule has 0 unspecified atom stereocenters. The third-order valence-electron chi connectivity index (χ3n) is 1.70. The van der Waals surface area contributed by atoms with E-state index in [0.29, 0.717) is 11.8 Å². The fraction of sp³-hybridized carbons (Fsp3) is 0.875. The number of hydrogen-bond acceptors (Lipinski definition) is 2. The Morgan fingerprint density at radius 3 is 2.64 bits per heavy atom. The summed E-state index contributed by atoms with van der Waals surface area (Å²) >= 11 is 0. The molecule has 1 aliphatic rings. The molecule has 1 aliphatic carbocycles. The van der Waals surface area contributed by atoms with Crippen LogP contribution in [-0.4, -0.2) is 12.5 Å². The Kier molecular flexibility index (Phi) is 5.30. The third-order valence-corrected chi connectivity index (χ3v) is 1.70. The molecule has 0 amide bonds. The van der Waals surface area contributed by atoms with Crippen LogP contribution in [-0.2, 0) is 4.74 Å². The van der Waals surface area contributed by atoms with Gasteiger partial charge in [-0.1, -0.05) is 13.3 Å². The van der Waals surface area contributed by atoms with Gasteiger partial charge in [0.2, 0.25) is 0 Å². The maximum Gasteiger partial charge on any atom is 0.183 e. The fourth-order valence-electron chi connectivity index (χ4n) is 0.790. The van der Waals surface area contributed by atoms with Crippen LogP contribution in [0.1, 0.15) is 32.6 Å². The van der Waals surface area contributed by atoms with Crippen molar-refractivity contribution < 1.29 is 4.74 Å². The number of unbranched alkanes of at least 4 members (excludes halogenated alkanes) is 1. The fourth-order valence-corrected chi connectivity index (χ4v) is 0.790. The molecule has 1 fully saturated rings. The van der Waals surface area contributed by atoms with Gasteiger partial charge in [-0.25, -0.2) is 0 Å². The highest BCUT2D eigenvalue weighted by molar-refractivity contribution is 5.85. The minimum atomic E-state index is 0. The molecule has 0 heterocycles. The van der Waals surface area contributed by atoms with Gasteiger partial charge < -0.3 is 4.74 Å². The lowest BCUT2D eigenvalue weighted by atomic mass is 10.3. The first kappa shape index (κ1) is 10.8. The van der Waals surface area contributed by atoms with E-state index in [1.165, 1.54) is 12.8 Å². The first-order chi connectivity index (χ1) is 4.84. The van der Waals surface area contributed by atoms with Crippen LogP contribution in [0.3, 0.4) is 0 Å². The van der Waals surface area contributed by atoms with Gasteiger partial charge in [0.15, 0.2) is 5.90 Å². The van der Waals surface area contributed by atoms with E-state index in [9.17, 15) is 0 Å². The van der Waals surface area contributed by atoms with E-state index in [0.717, 1.165) is 19.4 Å². The van der Waals surface area contributed by atoms with E-state index >= 15 is 0 Å².